The average molecular weight is 489 g/mol. The summed E-state index contributed by atoms with van der Waals surface area (Å²) in [5, 5.41) is 8.53. The third-order valence-corrected chi connectivity index (χ3v) is 5.80. The van der Waals surface area contributed by atoms with Gasteiger partial charge in [0.05, 0.1) is 12.1 Å². The zero-order valence-corrected chi connectivity index (χ0v) is 18.7. The Kier molecular flexibility index (Phi) is 5.19. The van der Waals surface area contributed by atoms with Gasteiger partial charge in [-0.15, -0.1) is 0 Å². The molecule has 5 rings (SSSR count). The van der Waals surface area contributed by atoms with E-state index in [1.807, 2.05) is 43.3 Å². The number of fused-ring (bicyclic) bond motifs is 1. The van der Waals surface area contributed by atoms with Crippen molar-refractivity contribution >= 4 is 26.8 Å². The molecule has 1 N–H and O–H groups in total. The number of rotatable bonds is 4. The molecule has 0 aliphatic heterocycles. The largest absolute Gasteiger partial charge is 0.311 e. The molecule has 0 saturated heterocycles. The van der Waals surface area contributed by atoms with E-state index < -0.39 is 0 Å². The normalized spacial score (nSPS) is 11.2. The number of aryl methyl sites for hydroxylation is 1. The van der Waals surface area contributed by atoms with Crippen LogP contribution in [0.15, 0.2) is 82.3 Å². The van der Waals surface area contributed by atoms with Gasteiger partial charge in [-0.05, 0) is 72.1 Å². The molecule has 0 fully saturated rings. The summed E-state index contributed by atoms with van der Waals surface area (Å²) in [6.07, 6.45) is 3.51. The molecular weight excluding hydrogens is 471 g/mol. The zero-order chi connectivity index (χ0) is 22.2. The molecule has 0 aliphatic carbocycles. The minimum absolute atomic E-state index is 0.153. The van der Waals surface area contributed by atoms with E-state index in [1.165, 1.54) is 12.1 Å². The molecule has 0 aliphatic rings. The van der Waals surface area contributed by atoms with Crippen LogP contribution in [0, 0.1) is 12.7 Å². The number of nitrogens with one attached hydrogen (secondary N) is 1. The van der Waals surface area contributed by atoms with E-state index >= 15 is 0 Å². The first-order valence-electron chi connectivity index (χ1n) is 10.0. The van der Waals surface area contributed by atoms with Crippen LogP contribution >= 0.6 is 15.9 Å². The van der Waals surface area contributed by atoms with Crippen molar-refractivity contribution in [3.8, 4) is 22.4 Å². The Morgan fingerprint density at radius 1 is 1.00 bits per heavy atom. The minimum Gasteiger partial charge on any atom is -0.311 e. The summed E-state index contributed by atoms with van der Waals surface area (Å²) in [7, 11) is 0. The molecule has 0 bridgehead atoms. The van der Waals surface area contributed by atoms with Gasteiger partial charge in [-0.3, -0.25) is 14.9 Å². The molecule has 0 saturated carbocycles. The van der Waals surface area contributed by atoms with Crippen molar-refractivity contribution in [3.63, 3.8) is 0 Å². The first-order valence-corrected chi connectivity index (χ1v) is 10.8. The highest BCUT2D eigenvalue weighted by Gasteiger charge is 2.11. The van der Waals surface area contributed by atoms with Crippen LogP contribution in [0.2, 0.25) is 0 Å². The lowest BCUT2D eigenvalue weighted by molar-refractivity contribution is 0.621. The van der Waals surface area contributed by atoms with Crippen molar-refractivity contribution in [3.05, 3.63) is 105 Å². The molecule has 0 unspecified atom stereocenters. The molecule has 5 aromatic rings. The Hall–Kier alpha value is -3.58. The SMILES string of the molecule is Cc1cc(-c2n[nH]c3ccc(-c4ccn(Cc5cc(F)cc(Br)c5)c(=O)c4)cc23)ccn1. The quantitative estimate of drug-likeness (QED) is 0.352. The van der Waals surface area contributed by atoms with Gasteiger partial charge in [0.25, 0.3) is 5.56 Å². The van der Waals surface area contributed by atoms with Crippen molar-refractivity contribution in [1.82, 2.24) is 19.7 Å². The van der Waals surface area contributed by atoms with Crippen LogP contribution in [-0.4, -0.2) is 19.7 Å². The van der Waals surface area contributed by atoms with Crippen molar-refractivity contribution in [2.75, 3.05) is 0 Å². The Morgan fingerprint density at radius 2 is 1.84 bits per heavy atom. The second kappa shape index (κ2) is 8.16. The number of hydrogen-bond acceptors (Lipinski definition) is 3. The van der Waals surface area contributed by atoms with Gasteiger partial charge < -0.3 is 4.57 Å². The van der Waals surface area contributed by atoms with Gasteiger partial charge in [0, 0.05) is 39.6 Å². The van der Waals surface area contributed by atoms with E-state index in [4.69, 9.17) is 0 Å². The predicted octanol–water partition coefficient (Wildman–Crippen LogP) is 5.71. The van der Waals surface area contributed by atoms with Crippen molar-refractivity contribution in [2.45, 2.75) is 13.5 Å². The Labute approximate surface area is 191 Å². The summed E-state index contributed by atoms with van der Waals surface area (Å²) in [6.45, 7) is 2.24. The van der Waals surface area contributed by atoms with Crippen LogP contribution in [0.1, 0.15) is 11.3 Å². The van der Waals surface area contributed by atoms with Gasteiger partial charge in [-0.25, -0.2) is 4.39 Å². The molecule has 0 radical (unpaired) electrons. The highest BCUT2D eigenvalue weighted by atomic mass is 79.9. The van der Waals surface area contributed by atoms with Crippen LogP contribution in [0.5, 0.6) is 0 Å². The molecular formula is C25H18BrFN4O. The summed E-state index contributed by atoms with van der Waals surface area (Å²) >= 11 is 3.29. The van der Waals surface area contributed by atoms with Crippen LogP contribution in [0.25, 0.3) is 33.3 Å². The number of H-pyrrole nitrogens is 1. The zero-order valence-electron chi connectivity index (χ0n) is 17.1. The molecule has 7 heteroatoms. The molecule has 3 aromatic heterocycles. The second-order valence-electron chi connectivity index (χ2n) is 7.68. The third-order valence-electron chi connectivity index (χ3n) is 5.34. The Morgan fingerprint density at radius 3 is 2.62 bits per heavy atom. The van der Waals surface area contributed by atoms with Crippen molar-refractivity contribution in [2.24, 2.45) is 0 Å². The van der Waals surface area contributed by atoms with Gasteiger partial charge in [0.15, 0.2) is 0 Å². The van der Waals surface area contributed by atoms with Crippen molar-refractivity contribution in [1.29, 1.82) is 0 Å². The highest BCUT2D eigenvalue weighted by molar-refractivity contribution is 9.10. The highest BCUT2D eigenvalue weighted by Crippen LogP contribution is 2.30. The topological polar surface area (TPSA) is 63.6 Å². The molecule has 0 atom stereocenters. The van der Waals surface area contributed by atoms with E-state index in [2.05, 4.69) is 31.1 Å². The van der Waals surface area contributed by atoms with Gasteiger partial charge in [-0.2, -0.15) is 5.10 Å². The van der Waals surface area contributed by atoms with Crippen LogP contribution in [-0.2, 0) is 6.54 Å². The fourth-order valence-electron chi connectivity index (χ4n) is 3.82. The first kappa shape index (κ1) is 20.3. The Bertz CT molecular complexity index is 1500. The lowest BCUT2D eigenvalue weighted by atomic mass is 10.0. The molecule has 32 heavy (non-hydrogen) atoms. The van der Waals surface area contributed by atoms with Crippen molar-refractivity contribution < 1.29 is 4.39 Å². The fraction of sp³-hybridized carbons (Fsp3) is 0.0800. The molecule has 0 amide bonds. The summed E-state index contributed by atoms with van der Waals surface area (Å²) in [6, 6.07) is 18.0. The average Bonchev–Trinajstić information content (AvgIpc) is 3.18. The third kappa shape index (κ3) is 3.99. The molecule has 158 valence electrons. The summed E-state index contributed by atoms with van der Waals surface area (Å²) in [5.41, 5.74) is 5.96. The van der Waals surface area contributed by atoms with E-state index in [0.29, 0.717) is 16.6 Å². The van der Waals surface area contributed by atoms with Gasteiger partial charge in [0.2, 0.25) is 0 Å². The smallest absolute Gasteiger partial charge is 0.251 e. The molecule has 3 heterocycles. The number of halogens is 2. The lowest BCUT2D eigenvalue weighted by Crippen LogP contribution is -2.19. The fourth-order valence-corrected chi connectivity index (χ4v) is 4.34. The number of aromatic amines is 1. The monoisotopic (exact) mass is 488 g/mol. The van der Waals surface area contributed by atoms with Gasteiger partial charge >= 0.3 is 0 Å². The summed E-state index contributed by atoms with van der Waals surface area (Å²) in [4.78, 5) is 17.0. The van der Waals surface area contributed by atoms with Crippen LogP contribution in [0.4, 0.5) is 4.39 Å². The number of nitrogens with zero attached hydrogens (tertiary/aromatic N) is 3. The van der Waals surface area contributed by atoms with Gasteiger partial charge in [0.1, 0.15) is 11.5 Å². The van der Waals surface area contributed by atoms with E-state index in [1.54, 1.807) is 29.1 Å². The first-order chi connectivity index (χ1) is 15.5. The minimum atomic E-state index is -0.340. The number of aromatic nitrogens is 4. The summed E-state index contributed by atoms with van der Waals surface area (Å²) < 4.78 is 15.9. The molecule has 0 spiro atoms. The summed E-state index contributed by atoms with van der Waals surface area (Å²) in [5.74, 6) is -0.340. The second-order valence-corrected chi connectivity index (χ2v) is 8.59. The van der Waals surface area contributed by atoms with Gasteiger partial charge in [-0.1, -0.05) is 22.0 Å². The maximum absolute atomic E-state index is 13.7. The van der Waals surface area contributed by atoms with Crippen LogP contribution < -0.4 is 5.56 Å². The maximum Gasteiger partial charge on any atom is 0.251 e. The van der Waals surface area contributed by atoms with E-state index in [9.17, 15) is 9.18 Å². The number of benzene rings is 2. The maximum atomic E-state index is 13.7. The van der Waals surface area contributed by atoms with Crippen LogP contribution in [0.3, 0.4) is 0 Å². The van der Waals surface area contributed by atoms with E-state index in [0.717, 1.165) is 39.0 Å². The molecule has 5 nitrogen and oxygen atoms in total. The number of pyridine rings is 2. The van der Waals surface area contributed by atoms with E-state index in [-0.39, 0.29) is 11.4 Å². The molecule has 2 aromatic carbocycles. The standard InChI is InChI=1S/C25H18BrFN4O/c1-15-8-19(4-6-28-15)25-22-11-17(2-3-23(22)29-30-25)18-5-7-31(24(32)12-18)14-16-9-20(26)13-21(27)10-16/h2-13H,14H2,1H3,(H,29,30). The number of hydrogen-bond donors (Lipinski definition) is 1. The Balaban J connectivity index is 1.51. The lowest BCUT2D eigenvalue weighted by Gasteiger charge is -2.09. The predicted molar refractivity (Wildman–Crippen MR) is 127 cm³/mol.